The van der Waals surface area contributed by atoms with E-state index in [1.54, 1.807) is 25.8 Å². The fourth-order valence-electron chi connectivity index (χ4n) is 2.35. The summed E-state index contributed by atoms with van der Waals surface area (Å²) in [5.41, 5.74) is -0.622. The highest BCUT2D eigenvalue weighted by molar-refractivity contribution is 7.92. The highest BCUT2D eigenvalue weighted by Crippen LogP contribution is 2.27. The number of hydrogen-bond donors (Lipinski definition) is 0. The predicted molar refractivity (Wildman–Crippen MR) is 80.2 cm³/mol. The first-order valence-corrected chi connectivity index (χ1v) is 9.18. The van der Waals surface area contributed by atoms with Crippen molar-refractivity contribution < 1.29 is 18.0 Å². The molecule has 0 radical (unpaired) electrons. The number of carbonyl (C=O) groups is 2. The Bertz CT molecular complexity index is 691. The molecule has 1 aromatic rings. The van der Waals surface area contributed by atoms with Gasteiger partial charge in [0, 0.05) is 31.8 Å². The van der Waals surface area contributed by atoms with Crippen LogP contribution in [0.4, 0.5) is 0 Å². The quantitative estimate of drug-likeness (QED) is 0.805. The van der Waals surface area contributed by atoms with Crippen molar-refractivity contribution in [3.63, 3.8) is 0 Å². The van der Waals surface area contributed by atoms with Crippen LogP contribution in [-0.4, -0.2) is 62.0 Å². The number of sulfone groups is 1. The van der Waals surface area contributed by atoms with Crippen LogP contribution < -0.4 is 0 Å². The molecular formula is C13H18N2O4S2. The lowest BCUT2D eigenvalue weighted by Crippen LogP contribution is -2.63. The van der Waals surface area contributed by atoms with Gasteiger partial charge < -0.3 is 9.80 Å². The average Bonchev–Trinajstić information content (AvgIpc) is 2.85. The van der Waals surface area contributed by atoms with Gasteiger partial charge in [0.15, 0.2) is 9.84 Å². The van der Waals surface area contributed by atoms with Crippen LogP contribution in [0.15, 0.2) is 15.7 Å². The maximum atomic E-state index is 12.6. The molecule has 2 heterocycles. The minimum Gasteiger partial charge on any atom is -0.342 e. The molecule has 116 valence electrons. The molecule has 1 aliphatic rings. The molecule has 6 nitrogen and oxygen atoms in total. The fraction of sp³-hybridized carbons (Fsp3) is 0.538. The van der Waals surface area contributed by atoms with Gasteiger partial charge in [-0.25, -0.2) is 8.42 Å². The van der Waals surface area contributed by atoms with E-state index in [4.69, 9.17) is 0 Å². The summed E-state index contributed by atoms with van der Waals surface area (Å²) in [6, 6.07) is 1.38. The minimum absolute atomic E-state index is 0.124. The van der Waals surface area contributed by atoms with Gasteiger partial charge >= 0.3 is 0 Å². The summed E-state index contributed by atoms with van der Waals surface area (Å²) in [4.78, 5) is 27.9. The molecule has 0 spiro atoms. The molecule has 0 atom stereocenters. The third-order valence-corrected chi connectivity index (χ3v) is 6.40. The van der Waals surface area contributed by atoms with Gasteiger partial charge in [-0.2, -0.15) is 0 Å². The van der Waals surface area contributed by atoms with E-state index < -0.39 is 15.4 Å². The summed E-state index contributed by atoms with van der Waals surface area (Å²) in [5, 5.41) is 1.53. The maximum absolute atomic E-state index is 12.6. The molecule has 0 aromatic carbocycles. The van der Waals surface area contributed by atoms with Gasteiger partial charge in [0.25, 0.3) is 5.91 Å². The maximum Gasteiger partial charge on any atom is 0.255 e. The van der Waals surface area contributed by atoms with Crippen LogP contribution in [0.1, 0.15) is 24.2 Å². The van der Waals surface area contributed by atoms with Crippen LogP contribution in [0.3, 0.4) is 0 Å². The zero-order valence-electron chi connectivity index (χ0n) is 12.4. The van der Waals surface area contributed by atoms with Gasteiger partial charge in [-0.05, 0) is 19.9 Å². The molecule has 1 aliphatic heterocycles. The number of carbonyl (C=O) groups excluding carboxylic acids is 2. The highest BCUT2D eigenvalue weighted by Gasteiger charge is 2.43. The summed E-state index contributed by atoms with van der Waals surface area (Å²) in [5.74, 6) is -0.437. The van der Waals surface area contributed by atoms with Crippen molar-refractivity contribution in [1.29, 1.82) is 0 Å². The van der Waals surface area contributed by atoms with Crippen LogP contribution >= 0.6 is 11.3 Å². The van der Waals surface area contributed by atoms with Gasteiger partial charge in [0.1, 0.15) is 9.75 Å². The van der Waals surface area contributed by atoms with E-state index in [0.717, 1.165) is 17.6 Å². The molecule has 1 aromatic heterocycles. The molecular weight excluding hydrogens is 312 g/mol. The lowest BCUT2D eigenvalue weighted by Gasteiger charge is -2.44. The van der Waals surface area contributed by atoms with E-state index >= 15 is 0 Å². The van der Waals surface area contributed by atoms with Crippen LogP contribution in [-0.2, 0) is 14.6 Å². The molecule has 8 heteroatoms. The number of piperazine rings is 1. The average molecular weight is 330 g/mol. The SMILES string of the molecule is CN1CCN(C(=O)c2csc(S(C)(=O)=O)c2)C(C)(C)C1=O. The largest absolute Gasteiger partial charge is 0.342 e. The van der Waals surface area contributed by atoms with Crippen molar-refractivity contribution in [3.8, 4) is 0 Å². The summed E-state index contributed by atoms with van der Waals surface area (Å²) in [6.45, 7) is 4.30. The number of nitrogens with zero attached hydrogens (tertiary/aromatic N) is 2. The number of thiophene rings is 1. The molecule has 0 N–H and O–H groups in total. The van der Waals surface area contributed by atoms with Crippen LogP contribution in [0.5, 0.6) is 0 Å². The summed E-state index contributed by atoms with van der Waals surface area (Å²) in [7, 11) is -1.62. The van der Waals surface area contributed by atoms with E-state index in [1.807, 2.05) is 0 Å². The Morgan fingerprint density at radius 3 is 2.48 bits per heavy atom. The normalized spacial score (nSPS) is 19.0. The van der Waals surface area contributed by atoms with Crippen LogP contribution in [0.25, 0.3) is 0 Å². The fourth-order valence-corrected chi connectivity index (χ4v) is 4.14. The van der Waals surface area contributed by atoms with Crippen LogP contribution in [0, 0.1) is 0 Å². The Kier molecular flexibility index (Phi) is 3.88. The smallest absolute Gasteiger partial charge is 0.255 e. The minimum atomic E-state index is -3.32. The van der Waals surface area contributed by atoms with E-state index in [-0.39, 0.29) is 16.0 Å². The second-order valence-electron chi connectivity index (χ2n) is 5.67. The van der Waals surface area contributed by atoms with Gasteiger partial charge in [-0.15, -0.1) is 11.3 Å². The summed E-state index contributed by atoms with van der Waals surface area (Å²) in [6.07, 6.45) is 1.11. The van der Waals surface area contributed by atoms with E-state index in [1.165, 1.54) is 16.3 Å². The topological polar surface area (TPSA) is 74.8 Å². The van der Waals surface area contributed by atoms with Crippen molar-refractivity contribution >= 4 is 33.0 Å². The van der Waals surface area contributed by atoms with Crippen molar-refractivity contribution in [3.05, 3.63) is 17.0 Å². The number of likely N-dealkylation sites (N-methyl/N-ethyl adjacent to an activating group) is 1. The van der Waals surface area contributed by atoms with Crippen LogP contribution in [0.2, 0.25) is 0 Å². The monoisotopic (exact) mass is 330 g/mol. The molecule has 1 fully saturated rings. The zero-order valence-corrected chi connectivity index (χ0v) is 14.0. The molecule has 1 saturated heterocycles. The third-order valence-electron chi connectivity index (χ3n) is 3.64. The van der Waals surface area contributed by atoms with Crippen molar-refractivity contribution in [2.75, 3.05) is 26.4 Å². The van der Waals surface area contributed by atoms with E-state index in [9.17, 15) is 18.0 Å². The standard InChI is InChI=1S/C13H18N2O4S2/c1-13(2)12(17)14(3)5-6-15(13)11(16)9-7-10(20-8-9)21(4,18)19/h7-8H,5-6H2,1-4H3. The second kappa shape index (κ2) is 5.10. The Balaban J connectivity index is 2.32. The Morgan fingerprint density at radius 2 is 1.95 bits per heavy atom. The lowest BCUT2D eigenvalue weighted by molar-refractivity contribution is -0.144. The molecule has 2 amide bonds. The number of hydrogen-bond acceptors (Lipinski definition) is 5. The first-order chi connectivity index (χ1) is 9.55. The second-order valence-corrected chi connectivity index (χ2v) is 8.82. The lowest BCUT2D eigenvalue weighted by atomic mass is 9.97. The van der Waals surface area contributed by atoms with Crippen molar-refractivity contribution in [2.24, 2.45) is 0 Å². The van der Waals surface area contributed by atoms with Gasteiger partial charge in [0.2, 0.25) is 5.91 Å². The van der Waals surface area contributed by atoms with E-state index in [0.29, 0.717) is 18.7 Å². The first kappa shape index (κ1) is 16.0. The zero-order chi connectivity index (χ0) is 16.0. The third kappa shape index (κ3) is 2.82. The molecule has 21 heavy (non-hydrogen) atoms. The van der Waals surface area contributed by atoms with E-state index in [2.05, 4.69) is 0 Å². The van der Waals surface area contributed by atoms with Crippen molar-refractivity contribution in [2.45, 2.75) is 23.6 Å². The first-order valence-electron chi connectivity index (χ1n) is 6.41. The predicted octanol–water partition coefficient (Wildman–Crippen LogP) is 0.844. The van der Waals surface area contributed by atoms with Crippen molar-refractivity contribution in [1.82, 2.24) is 9.80 Å². The Hall–Kier alpha value is -1.41. The van der Waals surface area contributed by atoms with Gasteiger partial charge in [-0.1, -0.05) is 0 Å². The molecule has 0 saturated carbocycles. The molecule has 2 rings (SSSR count). The van der Waals surface area contributed by atoms with Gasteiger partial charge in [-0.3, -0.25) is 9.59 Å². The Morgan fingerprint density at radius 1 is 1.33 bits per heavy atom. The number of rotatable bonds is 2. The molecule has 0 unspecified atom stereocenters. The summed E-state index contributed by atoms with van der Waals surface area (Å²) >= 11 is 1.02. The number of amides is 2. The highest BCUT2D eigenvalue weighted by atomic mass is 32.2. The molecule has 0 bridgehead atoms. The van der Waals surface area contributed by atoms with Gasteiger partial charge in [0.05, 0.1) is 5.56 Å². The Labute approximate surface area is 128 Å². The summed E-state index contributed by atoms with van der Waals surface area (Å²) < 4.78 is 23.1. The molecule has 0 aliphatic carbocycles.